The van der Waals surface area contributed by atoms with Crippen LogP contribution in [-0.2, 0) is 4.79 Å². The summed E-state index contributed by atoms with van der Waals surface area (Å²) < 4.78 is 0. The molecule has 0 aromatic heterocycles. The molecule has 0 aliphatic carbocycles. The van der Waals surface area contributed by atoms with Crippen molar-refractivity contribution in [3.63, 3.8) is 0 Å². The molecule has 0 atom stereocenters. The lowest BCUT2D eigenvalue weighted by molar-refractivity contribution is -0.385. The number of ketones is 1. The Morgan fingerprint density at radius 2 is 1.33 bits per heavy atom. The quantitative estimate of drug-likeness (QED) is 0.257. The zero-order valence-corrected chi connectivity index (χ0v) is 13.9. The van der Waals surface area contributed by atoms with Gasteiger partial charge in [0.05, 0.1) is 9.85 Å². The summed E-state index contributed by atoms with van der Waals surface area (Å²) in [5.74, 6) is -0.863. The van der Waals surface area contributed by atoms with Crippen LogP contribution in [0.25, 0.3) is 12.2 Å². The fourth-order valence-electron chi connectivity index (χ4n) is 2.09. The summed E-state index contributed by atoms with van der Waals surface area (Å²) >= 11 is 0. The molecule has 0 bridgehead atoms. The van der Waals surface area contributed by atoms with Crippen LogP contribution in [0, 0.1) is 20.2 Å². The first-order valence-corrected chi connectivity index (χ1v) is 7.65. The van der Waals surface area contributed by atoms with Crippen LogP contribution in [0.3, 0.4) is 0 Å². The molecule has 2 aromatic rings. The third-order valence-corrected chi connectivity index (χ3v) is 3.34. The summed E-state index contributed by atoms with van der Waals surface area (Å²) in [7, 11) is 0. The smallest absolute Gasteiger partial charge is 0.270 e. The van der Waals surface area contributed by atoms with Crippen molar-refractivity contribution in [1.82, 2.24) is 0 Å². The molecular weight excluding hydrogens is 352 g/mol. The number of aliphatic hydroxyl groups is 1. The average molecular weight is 366 g/mol. The van der Waals surface area contributed by atoms with Crippen molar-refractivity contribution in [2.45, 2.75) is 0 Å². The molecule has 0 spiro atoms. The van der Waals surface area contributed by atoms with E-state index >= 15 is 0 Å². The number of aliphatic hydroxyl groups excluding tert-OH is 1. The van der Waals surface area contributed by atoms with Crippen LogP contribution in [0.1, 0.15) is 11.1 Å². The predicted octanol–water partition coefficient (Wildman–Crippen LogP) is 4.24. The lowest BCUT2D eigenvalue weighted by Gasteiger charge is -1.95. The van der Waals surface area contributed by atoms with E-state index in [0.717, 1.165) is 12.2 Å². The average Bonchev–Trinajstić information content (AvgIpc) is 2.65. The summed E-state index contributed by atoms with van der Waals surface area (Å²) in [5, 5.41) is 31.2. The number of rotatable bonds is 7. The summed E-state index contributed by atoms with van der Waals surface area (Å²) in [6, 6.07) is 11.5. The minimum atomic E-state index is -0.538. The molecule has 0 fully saturated rings. The van der Waals surface area contributed by atoms with E-state index in [0.29, 0.717) is 11.1 Å². The number of hydrogen-bond acceptors (Lipinski definition) is 6. The van der Waals surface area contributed by atoms with E-state index < -0.39 is 15.6 Å². The molecular formula is C19H14N2O6. The largest absolute Gasteiger partial charge is 0.508 e. The second-order valence-electron chi connectivity index (χ2n) is 5.34. The van der Waals surface area contributed by atoms with Crippen LogP contribution in [-0.4, -0.2) is 20.7 Å². The summed E-state index contributed by atoms with van der Waals surface area (Å²) in [6.07, 6.45) is 6.18. The summed E-state index contributed by atoms with van der Waals surface area (Å²) in [4.78, 5) is 32.2. The number of non-ortho nitro benzene ring substituents is 2. The molecule has 27 heavy (non-hydrogen) atoms. The molecule has 0 heterocycles. The number of benzene rings is 2. The number of nitro benzene ring substituents is 2. The topological polar surface area (TPSA) is 124 Å². The van der Waals surface area contributed by atoms with Gasteiger partial charge < -0.3 is 5.11 Å². The van der Waals surface area contributed by atoms with Gasteiger partial charge in [0.25, 0.3) is 11.4 Å². The third kappa shape index (κ3) is 6.05. The zero-order valence-electron chi connectivity index (χ0n) is 13.9. The molecule has 2 rings (SSSR count). The van der Waals surface area contributed by atoms with Gasteiger partial charge >= 0.3 is 0 Å². The molecule has 0 unspecified atom stereocenters. The monoisotopic (exact) mass is 366 g/mol. The number of carbonyl (C=O) groups is 1. The Bertz CT molecular complexity index is 976. The predicted molar refractivity (Wildman–Crippen MR) is 100.0 cm³/mol. The van der Waals surface area contributed by atoms with Gasteiger partial charge in [-0.2, -0.15) is 0 Å². The van der Waals surface area contributed by atoms with Crippen molar-refractivity contribution in [3.05, 3.63) is 104 Å². The van der Waals surface area contributed by atoms with E-state index in [-0.39, 0.29) is 17.1 Å². The van der Waals surface area contributed by atoms with Crippen LogP contribution in [0.15, 0.2) is 72.5 Å². The first-order valence-electron chi connectivity index (χ1n) is 7.65. The minimum Gasteiger partial charge on any atom is -0.508 e. The van der Waals surface area contributed by atoms with Crippen molar-refractivity contribution in [2.75, 3.05) is 0 Å². The van der Waals surface area contributed by atoms with E-state index in [1.54, 1.807) is 12.1 Å². The Labute approximate surface area is 153 Å². The maximum atomic E-state index is 11.8. The normalized spacial score (nSPS) is 11.8. The minimum absolute atomic E-state index is 0.0865. The Hall–Kier alpha value is -4.07. The highest BCUT2D eigenvalue weighted by atomic mass is 16.6. The standard InChI is InChI=1S/C19H14N2O6/c22-18(9-7-14-3-1-5-16(11-14)20(24)25)13-19(23)10-8-15-4-2-6-17(12-15)21(26)27/h1-13,22H/b9-7+,10-8+,18-13-. The Kier molecular flexibility index (Phi) is 6.32. The second kappa shape index (κ2) is 8.86. The van der Waals surface area contributed by atoms with Crippen LogP contribution in [0.4, 0.5) is 11.4 Å². The van der Waals surface area contributed by atoms with E-state index in [2.05, 4.69) is 0 Å². The number of nitrogens with zero attached hydrogens (tertiary/aromatic N) is 2. The van der Waals surface area contributed by atoms with E-state index in [1.165, 1.54) is 54.6 Å². The number of nitro groups is 2. The maximum absolute atomic E-state index is 11.8. The van der Waals surface area contributed by atoms with Crippen molar-refractivity contribution in [2.24, 2.45) is 0 Å². The number of carbonyl (C=O) groups excluding carboxylic acids is 1. The Balaban J connectivity index is 2.06. The highest BCUT2D eigenvalue weighted by Crippen LogP contribution is 2.15. The van der Waals surface area contributed by atoms with Crippen LogP contribution >= 0.6 is 0 Å². The second-order valence-corrected chi connectivity index (χ2v) is 5.34. The number of allylic oxidation sites excluding steroid dienone is 3. The van der Waals surface area contributed by atoms with Crippen molar-refractivity contribution in [3.8, 4) is 0 Å². The van der Waals surface area contributed by atoms with Crippen molar-refractivity contribution in [1.29, 1.82) is 0 Å². The van der Waals surface area contributed by atoms with Crippen molar-refractivity contribution >= 4 is 29.3 Å². The van der Waals surface area contributed by atoms with Gasteiger partial charge in [-0.3, -0.25) is 25.0 Å². The molecule has 0 saturated carbocycles. The van der Waals surface area contributed by atoms with E-state index in [4.69, 9.17) is 0 Å². The van der Waals surface area contributed by atoms with Gasteiger partial charge in [-0.15, -0.1) is 0 Å². The van der Waals surface area contributed by atoms with Gasteiger partial charge in [0.15, 0.2) is 5.78 Å². The molecule has 2 aromatic carbocycles. The molecule has 136 valence electrons. The SMILES string of the molecule is O=C(/C=C(O)/C=C/c1cccc([N+](=O)[O-])c1)/C=C/c1cccc([N+](=O)[O-])c1. The van der Waals surface area contributed by atoms with Crippen LogP contribution in [0.2, 0.25) is 0 Å². The molecule has 1 N–H and O–H groups in total. The molecule has 0 radical (unpaired) electrons. The summed E-state index contributed by atoms with van der Waals surface area (Å²) in [5.41, 5.74) is 0.778. The van der Waals surface area contributed by atoms with Crippen molar-refractivity contribution < 1.29 is 19.7 Å². The third-order valence-electron chi connectivity index (χ3n) is 3.34. The molecule has 0 saturated heterocycles. The number of hydrogen-bond donors (Lipinski definition) is 1. The van der Waals surface area contributed by atoms with Crippen LogP contribution in [0.5, 0.6) is 0 Å². The molecule has 0 amide bonds. The van der Waals surface area contributed by atoms with Gasteiger partial charge in [-0.25, -0.2) is 0 Å². The fraction of sp³-hybridized carbons (Fsp3) is 0. The fourth-order valence-corrected chi connectivity index (χ4v) is 2.09. The molecule has 8 heteroatoms. The van der Waals surface area contributed by atoms with Crippen LogP contribution < -0.4 is 0 Å². The summed E-state index contributed by atoms with van der Waals surface area (Å²) in [6.45, 7) is 0. The molecule has 0 aliphatic rings. The molecule has 8 nitrogen and oxygen atoms in total. The molecule has 0 aliphatic heterocycles. The van der Waals surface area contributed by atoms with E-state index in [9.17, 15) is 30.1 Å². The first-order chi connectivity index (χ1) is 12.8. The lowest BCUT2D eigenvalue weighted by Crippen LogP contribution is -1.90. The Morgan fingerprint density at radius 3 is 1.81 bits per heavy atom. The van der Waals surface area contributed by atoms with Gasteiger partial charge in [0.2, 0.25) is 0 Å². The Morgan fingerprint density at radius 1 is 0.852 bits per heavy atom. The van der Waals surface area contributed by atoms with Gasteiger partial charge in [0.1, 0.15) is 5.76 Å². The van der Waals surface area contributed by atoms with Gasteiger partial charge in [-0.1, -0.05) is 36.4 Å². The van der Waals surface area contributed by atoms with Gasteiger partial charge in [-0.05, 0) is 23.3 Å². The first kappa shape index (κ1) is 19.3. The zero-order chi connectivity index (χ0) is 19.8. The van der Waals surface area contributed by atoms with Gasteiger partial charge in [0, 0.05) is 30.3 Å². The highest BCUT2D eigenvalue weighted by Gasteiger charge is 2.05. The maximum Gasteiger partial charge on any atom is 0.270 e. The highest BCUT2D eigenvalue weighted by molar-refractivity contribution is 6.02. The lowest BCUT2D eigenvalue weighted by atomic mass is 10.1. The van der Waals surface area contributed by atoms with E-state index in [1.807, 2.05) is 0 Å².